The van der Waals surface area contributed by atoms with Crippen LogP contribution in [0.2, 0.25) is 0 Å². The largest absolute Gasteiger partial charge is 0.444 e. The predicted octanol–water partition coefficient (Wildman–Crippen LogP) is 1.57. The molecule has 18 heavy (non-hydrogen) atoms. The van der Waals surface area contributed by atoms with E-state index >= 15 is 0 Å². The highest BCUT2D eigenvalue weighted by Gasteiger charge is 2.31. The average molecular weight is 258 g/mol. The Morgan fingerprint density at radius 1 is 1.44 bits per heavy atom. The molecule has 0 aliphatic carbocycles. The molecule has 5 nitrogen and oxygen atoms in total. The maximum Gasteiger partial charge on any atom is 0.410 e. The van der Waals surface area contributed by atoms with Crippen molar-refractivity contribution in [3.63, 3.8) is 0 Å². The van der Waals surface area contributed by atoms with Gasteiger partial charge >= 0.3 is 6.09 Å². The van der Waals surface area contributed by atoms with Crippen LogP contribution in [0.25, 0.3) is 0 Å². The minimum Gasteiger partial charge on any atom is -0.444 e. The molecule has 5 heteroatoms. The molecule has 1 fully saturated rings. The van der Waals surface area contributed by atoms with Crippen LogP contribution in [0.1, 0.15) is 27.2 Å². The summed E-state index contributed by atoms with van der Waals surface area (Å²) in [7, 11) is 3.78. The molecule has 1 atom stereocenters. The lowest BCUT2D eigenvalue weighted by atomic mass is 10.2. The molecule has 0 spiro atoms. The molecule has 1 amide bonds. The number of hydrogen-bond donors (Lipinski definition) is 0. The number of carbonyl (C=O) groups excluding carboxylic acids is 1. The number of methoxy groups -OCH3 is 1. The van der Waals surface area contributed by atoms with Crippen LogP contribution < -0.4 is 0 Å². The molecular formula is C13H26N2O3. The molecule has 106 valence electrons. The van der Waals surface area contributed by atoms with Gasteiger partial charge in [-0.05, 0) is 34.2 Å². The van der Waals surface area contributed by atoms with Gasteiger partial charge in [-0.15, -0.1) is 0 Å². The van der Waals surface area contributed by atoms with E-state index in [0.717, 1.165) is 32.7 Å². The number of likely N-dealkylation sites (N-methyl/N-ethyl adjacent to an activating group) is 1. The summed E-state index contributed by atoms with van der Waals surface area (Å²) >= 11 is 0. The Hall–Kier alpha value is -0.810. The maximum absolute atomic E-state index is 11.9. The second kappa shape index (κ2) is 6.38. The Balaban J connectivity index is 2.38. The highest BCUT2D eigenvalue weighted by atomic mass is 16.6. The van der Waals surface area contributed by atoms with Crippen LogP contribution in [0.3, 0.4) is 0 Å². The normalized spacial score (nSPS) is 20.6. The zero-order valence-electron chi connectivity index (χ0n) is 12.2. The Kier molecular flexibility index (Phi) is 5.41. The molecule has 0 aromatic heterocycles. The van der Waals surface area contributed by atoms with E-state index in [9.17, 15) is 4.79 Å². The monoisotopic (exact) mass is 258 g/mol. The fourth-order valence-electron chi connectivity index (χ4n) is 2.01. The van der Waals surface area contributed by atoms with E-state index in [1.165, 1.54) is 0 Å². The van der Waals surface area contributed by atoms with Crippen molar-refractivity contribution in [1.29, 1.82) is 0 Å². The molecule has 0 aromatic rings. The fourth-order valence-corrected chi connectivity index (χ4v) is 2.01. The molecule has 0 unspecified atom stereocenters. The van der Waals surface area contributed by atoms with Crippen molar-refractivity contribution in [1.82, 2.24) is 9.80 Å². The minimum atomic E-state index is -0.420. The molecule has 0 bridgehead atoms. The third kappa shape index (κ3) is 4.82. The van der Waals surface area contributed by atoms with Crippen molar-refractivity contribution in [2.75, 3.05) is 40.4 Å². The Bertz CT molecular complexity index is 276. The Morgan fingerprint density at radius 3 is 2.67 bits per heavy atom. The number of likely N-dealkylation sites (tertiary alicyclic amines) is 1. The lowest BCUT2D eigenvalue weighted by molar-refractivity contribution is 0.0280. The van der Waals surface area contributed by atoms with Gasteiger partial charge in [0.2, 0.25) is 0 Å². The first-order valence-corrected chi connectivity index (χ1v) is 6.50. The quantitative estimate of drug-likeness (QED) is 0.767. The van der Waals surface area contributed by atoms with Crippen LogP contribution in [-0.4, -0.2) is 67.9 Å². The molecule has 1 aliphatic rings. The topological polar surface area (TPSA) is 42.0 Å². The van der Waals surface area contributed by atoms with Gasteiger partial charge in [0.15, 0.2) is 0 Å². The predicted molar refractivity (Wildman–Crippen MR) is 70.7 cm³/mol. The van der Waals surface area contributed by atoms with Gasteiger partial charge in [0.05, 0.1) is 6.61 Å². The van der Waals surface area contributed by atoms with Crippen LogP contribution in [-0.2, 0) is 9.47 Å². The van der Waals surface area contributed by atoms with Crippen LogP contribution in [0.4, 0.5) is 4.79 Å². The summed E-state index contributed by atoms with van der Waals surface area (Å²) < 4.78 is 10.4. The molecule has 0 N–H and O–H groups in total. The number of nitrogens with zero attached hydrogens (tertiary/aromatic N) is 2. The first kappa shape index (κ1) is 15.2. The highest BCUT2D eigenvalue weighted by Crippen LogP contribution is 2.17. The lowest BCUT2D eigenvalue weighted by Crippen LogP contribution is -2.39. The summed E-state index contributed by atoms with van der Waals surface area (Å²) in [6.45, 7) is 8.81. The Morgan fingerprint density at radius 2 is 2.11 bits per heavy atom. The molecule has 0 aromatic carbocycles. The summed E-state index contributed by atoms with van der Waals surface area (Å²) in [5.41, 5.74) is -0.420. The number of ether oxygens (including phenoxy) is 2. The standard InChI is InChI=1S/C13H26N2O3/c1-13(2,3)18-12(16)15-7-6-11(10-15)14(4)8-9-17-5/h11H,6-10H2,1-5H3/t11-/m1/s1. The van der Waals surface area contributed by atoms with Gasteiger partial charge in [0, 0.05) is 32.8 Å². The highest BCUT2D eigenvalue weighted by molar-refractivity contribution is 5.68. The summed E-state index contributed by atoms with van der Waals surface area (Å²) in [6, 6.07) is 0.410. The van der Waals surface area contributed by atoms with E-state index in [4.69, 9.17) is 9.47 Å². The van der Waals surface area contributed by atoms with Gasteiger partial charge < -0.3 is 14.4 Å². The van der Waals surface area contributed by atoms with E-state index in [2.05, 4.69) is 11.9 Å². The van der Waals surface area contributed by atoms with Crippen LogP contribution in [0, 0.1) is 0 Å². The van der Waals surface area contributed by atoms with E-state index in [-0.39, 0.29) is 6.09 Å². The molecule has 1 saturated heterocycles. The third-order valence-electron chi connectivity index (χ3n) is 3.09. The number of carbonyl (C=O) groups is 1. The zero-order valence-corrected chi connectivity index (χ0v) is 12.2. The van der Waals surface area contributed by atoms with Crippen molar-refractivity contribution < 1.29 is 14.3 Å². The molecule has 1 heterocycles. The summed E-state index contributed by atoms with van der Waals surface area (Å²) in [4.78, 5) is 15.9. The molecule has 1 rings (SSSR count). The van der Waals surface area contributed by atoms with Gasteiger partial charge in [-0.25, -0.2) is 4.79 Å². The first-order valence-electron chi connectivity index (χ1n) is 6.50. The average Bonchev–Trinajstić information content (AvgIpc) is 2.72. The van der Waals surface area contributed by atoms with Gasteiger partial charge in [0.25, 0.3) is 0 Å². The molecular weight excluding hydrogens is 232 g/mol. The second-order valence-electron chi connectivity index (χ2n) is 5.84. The maximum atomic E-state index is 11.9. The summed E-state index contributed by atoms with van der Waals surface area (Å²) in [5, 5.41) is 0. The lowest BCUT2D eigenvalue weighted by Gasteiger charge is -2.26. The zero-order chi connectivity index (χ0) is 13.8. The van der Waals surface area contributed by atoms with Crippen molar-refractivity contribution >= 4 is 6.09 Å². The first-order chi connectivity index (χ1) is 8.33. The third-order valence-corrected chi connectivity index (χ3v) is 3.09. The van der Waals surface area contributed by atoms with Crippen LogP contribution >= 0.6 is 0 Å². The van der Waals surface area contributed by atoms with Crippen LogP contribution in [0.15, 0.2) is 0 Å². The van der Waals surface area contributed by atoms with E-state index in [1.54, 1.807) is 12.0 Å². The van der Waals surface area contributed by atoms with Gasteiger partial charge in [0.1, 0.15) is 5.60 Å². The van der Waals surface area contributed by atoms with Gasteiger partial charge in [-0.2, -0.15) is 0 Å². The van der Waals surface area contributed by atoms with Crippen molar-refractivity contribution in [3.05, 3.63) is 0 Å². The van der Waals surface area contributed by atoms with E-state index < -0.39 is 5.60 Å². The number of rotatable bonds is 4. The van der Waals surface area contributed by atoms with Gasteiger partial charge in [-0.3, -0.25) is 4.90 Å². The number of hydrogen-bond acceptors (Lipinski definition) is 4. The van der Waals surface area contributed by atoms with E-state index in [1.807, 2.05) is 20.8 Å². The Labute approximate surface area is 110 Å². The summed E-state index contributed by atoms with van der Waals surface area (Å²) in [6.07, 6.45) is 0.796. The summed E-state index contributed by atoms with van der Waals surface area (Å²) in [5.74, 6) is 0. The SMILES string of the molecule is COCCN(C)[C@@H]1CCN(C(=O)OC(C)(C)C)C1. The minimum absolute atomic E-state index is 0.204. The molecule has 0 saturated carbocycles. The van der Waals surface area contributed by atoms with Crippen molar-refractivity contribution in [2.24, 2.45) is 0 Å². The second-order valence-corrected chi connectivity index (χ2v) is 5.84. The van der Waals surface area contributed by atoms with Gasteiger partial charge in [-0.1, -0.05) is 0 Å². The smallest absolute Gasteiger partial charge is 0.410 e. The van der Waals surface area contributed by atoms with Crippen molar-refractivity contribution in [2.45, 2.75) is 38.8 Å². The fraction of sp³-hybridized carbons (Fsp3) is 0.923. The van der Waals surface area contributed by atoms with E-state index in [0.29, 0.717) is 6.04 Å². The molecule has 0 radical (unpaired) electrons. The van der Waals surface area contributed by atoms with Crippen molar-refractivity contribution in [3.8, 4) is 0 Å². The molecule has 1 aliphatic heterocycles. The number of amides is 1. The van der Waals surface area contributed by atoms with Crippen LogP contribution in [0.5, 0.6) is 0 Å².